The number of nitrogens with one attached hydrogen (secondary N) is 1. The first-order valence-corrected chi connectivity index (χ1v) is 5.45. The van der Waals surface area contributed by atoms with Crippen molar-refractivity contribution in [2.45, 2.75) is 32.0 Å². The van der Waals surface area contributed by atoms with Gasteiger partial charge in [-0.3, -0.25) is 5.32 Å². The Kier molecular flexibility index (Phi) is 5.89. The van der Waals surface area contributed by atoms with E-state index in [1.807, 2.05) is 13.8 Å². The fourth-order valence-electron chi connectivity index (χ4n) is 0.883. The van der Waals surface area contributed by atoms with Crippen molar-refractivity contribution in [3.05, 3.63) is 0 Å². The zero-order valence-electron chi connectivity index (χ0n) is 7.86. The molecule has 1 N–H and O–H groups in total. The summed E-state index contributed by atoms with van der Waals surface area (Å²) in [5.41, 5.74) is -0.239. The van der Waals surface area contributed by atoms with E-state index in [2.05, 4.69) is 33.8 Å². The average molecular weight is 281 g/mol. The second-order valence-electron chi connectivity index (χ2n) is 2.94. The Morgan fingerprint density at radius 2 is 2.33 bits per heavy atom. The summed E-state index contributed by atoms with van der Waals surface area (Å²) in [5, 5.41) is 3.23. The molecule has 0 radical (unpaired) electrons. The van der Waals surface area contributed by atoms with E-state index in [-0.39, 0.29) is 11.8 Å². The number of terminal acetylenes is 1. The number of methoxy groups -OCH3 is 1. The number of ether oxygens (including phenoxy) is 1. The molecule has 0 saturated heterocycles. The number of halogens is 1. The normalized spacial score (nSPS) is 17.9. The maximum atomic E-state index is 5.42. The molecule has 3 heteroatoms. The largest absolute Gasteiger partial charge is 0.367 e. The third-order valence-electron chi connectivity index (χ3n) is 1.79. The quantitative estimate of drug-likeness (QED) is 0.359. The van der Waals surface area contributed by atoms with Gasteiger partial charge in [-0.2, -0.15) is 0 Å². The molecular weight excluding hydrogens is 265 g/mol. The molecule has 0 saturated carbocycles. The summed E-state index contributed by atoms with van der Waals surface area (Å²) >= 11 is 2.32. The van der Waals surface area contributed by atoms with Crippen LogP contribution >= 0.6 is 22.6 Å². The number of rotatable bonds is 5. The highest BCUT2D eigenvalue weighted by atomic mass is 127. The van der Waals surface area contributed by atoms with Crippen molar-refractivity contribution in [1.82, 2.24) is 5.32 Å². The third kappa shape index (κ3) is 4.29. The lowest BCUT2D eigenvalue weighted by Crippen LogP contribution is -2.47. The molecule has 2 unspecified atom stereocenters. The maximum Gasteiger partial charge on any atom is 0.106 e. The molecule has 0 bridgehead atoms. The minimum Gasteiger partial charge on any atom is -0.367 e. The van der Waals surface area contributed by atoms with Gasteiger partial charge in [-0.05, 0) is 20.3 Å². The van der Waals surface area contributed by atoms with Gasteiger partial charge in [-0.1, -0.05) is 28.5 Å². The van der Waals surface area contributed by atoms with Gasteiger partial charge in [0, 0.05) is 11.5 Å². The lowest BCUT2D eigenvalue weighted by atomic mass is 10.0. The van der Waals surface area contributed by atoms with Crippen molar-refractivity contribution in [2.24, 2.45) is 0 Å². The van der Waals surface area contributed by atoms with Crippen LogP contribution in [0.2, 0.25) is 0 Å². The van der Waals surface area contributed by atoms with E-state index in [1.165, 1.54) is 0 Å². The second kappa shape index (κ2) is 5.79. The van der Waals surface area contributed by atoms with Crippen molar-refractivity contribution < 1.29 is 4.74 Å². The summed E-state index contributed by atoms with van der Waals surface area (Å²) in [6, 6.07) is 0. The number of alkyl halides is 1. The molecule has 0 heterocycles. The molecule has 0 spiro atoms. The van der Waals surface area contributed by atoms with Crippen molar-refractivity contribution in [3.63, 3.8) is 0 Å². The minimum atomic E-state index is -0.239. The molecule has 0 fully saturated rings. The van der Waals surface area contributed by atoms with Crippen LogP contribution in [0.4, 0.5) is 0 Å². The van der Waals surface area contributed by atoms with Crippen LogP contribution in [0, 0.1) is 12.3 Å². The van der Waals surface area contributed by atoms with Crippen LogP contribution < -0.4 is 5.32 Å². The van der Waals surface area contributed by atoms with Crippen LogP contribution in [-0.4, -0.2) is 23.3 Å². The first-order chi connectivity index (χ1) is 5.58. The van der Waals surface area contributed by atoms with E-state index in [0.29, 0.717) is 0 Å². The number of hydrogen-bond acceptors (Lipinski definition) is 2. The predicted octanol–water partition coefficient (Wildman–Crippen LogP) is 1.79. The minimum absolute atomic E-state index is 0.00833. The van der Waals surface area contributed by atoms with Gasteiger partial charge in [0.05, 0.1) is 5.54 Å². The van der Waals surface area contributed by atoms with Gasteiger partial charge in [-0.15, -0.1) is 6.42 Å². The summed E-state index contributed by atoms with van der Waals surface area (Å²) < 4.78 is 6.13. The third-order valence-corrected chi connectivity index (χ3v) is 2.33. The van der Waals surface area contributed by atoms with Crippen molar-refractivity contribution in [1.29, 1.82) is 0 Å². The van der Waals surface area contributed by atoms with E-state index in [1.54, 1.807) is 7.11 Å². The predicted molar refractivity (Wildman–Crippen MR) is 60.3 cm³/mol. The van der Waals surface area contributed by atoms with Crippen molar-refractivity contribution in [2.75, 3.05) is 11.5 Å². The van der Waals surface area contributed by atoms with Gasteiger partial charge < -0.3 is 4.74 Å². The summed E-state index contributed by atoms with van der Waals surface area (Å²) in [6.45, 7) is 3.96. The van der Waals surface area contributed by atoms with Gasteiger partial charge >= 0.3 is 0 Å². The van der Waals surface area contributed by atoms with Crippen LogP contribution in [-0.2, 0) is 4.74 Å². The van der Waals surface area contributed by atoms with E-state index < -0.39 is 0 Å². The van der Waals surface area contributed by atoms with Gasteiger partial charge in [0.2, 0.25) is 0 Å². The molecule has 0 aromatic heterocycles. The molecule has 0 aliphatic heterocycles. The van der Waals surface area contributed by atoms with Crippen molar-refractivity contribution in [3.8, 4) is 12.3 Å². The molecule has 70 valence electrons. The highest BCUT2D eigenvalue weighted by molar-refractivity contribution is 14.1. The van der Waals surface area contributed by atoms with Crippen molar-refractivity contribution >= 4 is 22.6 Å². The van der Waals surface area contributed by atoms with Crippen LogP contribution in [0.1, 0.15) is 20.3 Å². The van der Waals surface area contributed by atoms with Crippen LogP contribution in [0.5, 0.6) is 0 Å². The Morgan fingerprint density at radius 1 is 1.75 bits per heavy atom. The second-order valence-corrected chi connectivity index (χ2v) is 4.02. The zero-order chi connectivity index (χ0) is 9.61. The Labute approximate surface area is 88.6 Å². The highest BCUT2D eigenvalue weighted by Crippen LogP contribution is 2.11. The molecule has 12 heavy (non-hydrogen) atoms. The molecule has 2 nitrogen and oxygen atoms in total. The lowest BCUT2D eigenvalue weighted by Gasteiger charge is -2.27. The smallest absolute Gasteiger partial charge is 0.106 e. The Balaban J connectivity index is 4.06. The van der Waals surface area contributed by atoms with E-state index in [9.17, 15) is 0 Å². The molecule has 2 atom stereocenters. The van der Waals surface area contributed by atoms with Crippen LogP contribution in [0.15, 0.2) is 0 Å². The standard InChI is InChI=1S/C9H16INO/c1-5-9(3,6-7-10)11-8(2)12-4/h1,8,11H,6-7H2,2-4H3. The first kappa shape index (κ1) is 12.2. The SMILES string of the molecule is C#CC(C)(CCI)NC(C)OC. The average Bonchev–Trinajstić information content (AvgIpc) is 2.05. The molecule has 0 aromatic rings. The van der Waals surface area contributed by atoms with Gasteiger partial charge in [0.1, 0.15) is 6.23 Å². The van der Waals surface area contributed by atoms with E-state index in [4.69, 9.17) is 11.2 Å². The zero-order valence-corrected chi connectivity index (χ0v) is 10.0. The first-order valence-electron chi connectivity index (χ1n) is 3.92. The molecule has 0 aliphatic rings. The van der Waals surface area contributed by atoms with E-state index in [0.717, 1.165) is 10.8 Å². The summed E-state index contributed by atoms with van der Waals surface area (Å²) in [6.07, 6.45) is 6.39. The Bertz CT molecular complexity index is 166. The molecule has 0 amide bonds. The fourth-order valence-corrected chi connectivity index (χ4v) is 1.96. The summed E-state index contributed by atoms with van der Waals surface area (Å²) in [4.78, 5) is 0. The van der Waals surface area contributed by atoms with Crippen LogP contribution in [0.25, 0.3) is 0 Å². The topological polar surface area (TPSA) is 21.3 Å². The Hall–Kier alpha value is 0.210. The van der Waals surface area contributed by atoms with Gasteiger partial charge in [0.25, 0.3) is 0 Å². The number of hydrogen-bond donors (Lipinski definition) is 1. The maximum absolute atomic E-state index is 5.42. The summed E-state index contributed by atoms with van der Waals surface area (Å²) in [5.74, 6) is 2.75. The molecular formula is C9H16INO. The highest BCUT2D eigenvalue weighted by Gasteiger charge is 2.21. The summed E-state index contributed by atoms with van der Waals surface area (Å²) in [7, 11) is 1.67. The lowest BCUT2D eigenvalue weighted by molar-refractivity contribution is 0.0701. The fraction of sp³-hybridized carbons (Fsp3) is 0.778. The molecule has 0 aliphatic carbocycles. The molecule has 0 aromatic carbocycles. The molecule has 0 rings (SSSR count). The monoisotopic (exact) mass is 281 g/mol. The van der Waals surface area contributed by atoms with E-state index >= 15 is 0 Å². The van der Waals surface area contributed by atoms with Gasteiger partial charge in [-0.25, -0.2) is 0 Å². The Morgan fingerprint density at radius 3 is 2.67 bits per heavy atom. The van der Waals surface area contributed by atoms with Gasteiger partial charge in [0.15, 0.2) is 0 Å². The van der Waals surface area contributed by atoms with Crippen LogP contribution in [0.3, 0.4) is 0 Å².